The lowest BCUT2D eigenvalue weighted by molar-refractivity contribution is -0.113. The molecule has 2 heterocycles. The normalized spacial score (nSPS) is 31.4. The molecule has 4 rings (SSSR count). The molecule has 0 aromatic carbocycles. The molecule has 0 saturated heterocycles. The van der Waals surface area contributed by atoms with E-state index in [2.05, 4.69) is 48.8 Å². The average molecular weight is 381 g/mol. The van der Waals surface area contributed by atoms with Crippen molar-refractivity contribution >= 4 is 21.6 Å². The molecule has 2 aliphatic carbocycles. The Bertz CT molecular complexity index is 656. The predicted molar refractivity (Wildman–Crippen MR) is 92.5 cm³/mol. The maximum atomic E-state index is 6.20. The van der Waals surface area contributed by atoms with Gasteiger partial charge >= 0.3 is 0 Å². The fraction of sp³-hybridized carbons (Fsp3) is 0.778. The van der Waals surface area contributed by atoms with Crippen molar-refractivity contribution in [2.75, 3.05) is 0 Å². The van der Waals surface area contributed by atoms with Crippen LogP contribution < -0.4 is 0 Å². The number of hydrogen-bond donors (Lipinski definition) is 0. The highest BCUT2D eigenvalue weighted by Crippen LogP contribution is 2.58. The summed E-state index contributed by atoms with van der Waals surface area (Å²) in [5.74, 6) is 1.29. The van der Waals surface area contributed by atoms with E-state index < -0.39 is 0 Å². The van der Waals surface area contributed by atoms with E-state index in [9.17, 15) is 0 Å². The van der Waals surface area contributed by atoms with Crippen LogP contribution in [-0.4, -0.2) is 16.5 Å². The zero-order chi connectivity index (χ0) is 16.4. The van der Waals surface area contributed by atoms with Gasteiger partial charge in [0.15, 0.2) is 0 Å². The molecule has 23 heavy (non-hydrogen) atoms. The molecule has 0 amide bonds. The van der Waals surface area contributed by atoms with Crippen molar-refractivity contribution in [2.24, 2.45) is 22.9 Å². The second-order valence-corrected chi connectivity index (χ2v) is 8.76. The molecule has 3 aliphatic rings. The van der Waals surface area contributed by atoms with Crippen molar-refractivity contribution < 1.29 is 9.36 Å². The van der Waals surface area contributed by atoms with Crippen LogP contribution in [0.3, 0.4) is 0 Å². The van der Waals surface area contributed by atoms with Gasteiger partial charge < -0.3 is 9.36 Å². The smallest absolute Gasteiger partial charge is 0.205 e. The molecule has 1 aromatic heterocycles. The van der Waals surface area contributed by atoms with Gasteiger partial charge in [-0.3, -0.25) is 0 Å². The first-order valence-corrected chi connectivity index (χ1v) is 9.64. The molecule has 1 aliphatic heterocycles. The first kappa shape index (κ1) is 15.7. The second-order valence-electron chi connectivity index (χ2n) is 8.04. The van der Waals surface area contributed by atoms with Gasteiger partial charge in [0, 0.05) is 11.5 Å². The molecule has 1 aromatic rings. The second kappa shape index (κ2) is 5.08. The Labute approximate surface area is 146 Å². The highest BCUT2D eigenvalue weighted by atomic mass is 79.9. The maximum absolute atomic E-state index is 6.20. The van der Waals surface area contributed by atoms with Crippen molar-refractivity contribution in [3.05, 3.63) is 15.9 Å². The van der Waals surface area contributed by atoms with Crippen molar-refractivity contribution in [1.82, 2.24) is 5.16 Å². The van der Waals surface area contributed by atoms with E-state index in [4.69, 9.17) is 14.5 Å². The third-order valence-electron chi connectivity index (χ3n) is 6.56. The summed E-state index contributed by atoms with van der Waals surface area (Å²) >= 11 is 3.52. The zero-order valence-corrected chi connectivity index (χ0v) is 15.9. The van der Waals surface area contributed by atoms with Gasteiger partial charge in [-0.25, -0.2) is 0 Å². The first-order valence-electron chi connectivity index (χ1n) is 8.84. The lowest BCUT2D eigenvalue weighted by atomic mass is 9.66. The van der Waals surface area contributed by atoms with E-state index >= 15 is 0 Å². The van der Waals surface area contributed by atoms with Gasteiger partial charge in [-0.2, -0.15) is 0 Å². The standard InChI is InChI=1S/C18H25BrN2O2/c1-10(2)18(11(3)4)13-7-9-17(15(13)21-23-18)8-5-6-12-14(17)20-22-16(12)19/h10-11,13H,5-9H2,1-4H3. The molecule has 1 saturated carbocycles. The molecular formula is C18H25BrN2O2. The van der Waals surface area contributed by atoms with Crippen LogP contribution in [0.5, 0.6) is 0 Å². The van der Waals surface area contributed by atoms with E-state index in [1.807, 2.05) is 0 Å². The molecular weight excluding hydrogens is 356 g/mol. The van der Waals surface area contributed by atoms with E-state index in [1.165, 1.54) is 11.3 Å². The summed E-state index contributed by atoms with van der Waals surface area (Å²) < 4.78 is 6.27. The number of aromatic nitrogens is 1. The SMILES string of the molecule is CC(C)C1(C(C)C)ON=C2C1CCC21CCCc2c1noc2Br. The maximum Gasteiger partial charge on any atom is 0.205 e. The quantitative estimate of drug-likeness (QED) is 0.735. The molecule has 2 atom stereocenters. The van der Waals surface area contributed by atoms with E-state index in [1.54, 1.807) is 0 Å². The summed E-state index contributed by atoms with van der Waals surface area (Å²) in [6.07, 6.45) is 5.57. The molecule has 0 radical (unpaired) electrons. The van der Waals surface area contributed by atoms with Gasteiger partial charge in [-0.15, -0.1) is 0 Å². The number of rotatable bonds is 2. The Kier molecular flexibility index (Phi) is 3.46. The Morgan fingerprint density at radius 2 is 1.91 bits per heavy atom. The molecule has 126 valence electrons. The highest BCUT2D eigenvalue weighted by Gasteiger charge is 2.63. The van der Waals surface area contributed by atoms with Crippen molar-refractivity contribution in [3.8, 4) is 0 Å². The first-order chi connectivity index (χ1) is 10.9. The fourth-order valence-electron chi connectivity index (χ4n) is 5.51. The van der Waals surface area contributed by atoms with Crippen LogP contribution in [0.4, 0.5) is 0 Å². The summed E-state index contributed by atoms with van der Waals surface area (Å²) in [5.41, 5.74) is 3.37. The van der Waals surface area contributed by atoms with Crippen LogP contribution in [0, 0.1) is 17.8 Å². The topological polar surface area (TPSA) is 47.6 Å². The predicted octanol–water partition coefficient (Wildman–Crippen LogP) is 4.86. The fourth-order valence-corrected chi connectivity index (χ4v) is 5.97. The van der Waals surface area contributed by atoms with Crippen LogP contribution in [0.1, 0.15) is 64.6 Å². The molecule has 0 N–H and O–H groups in total. The summed E-state index contributed by atoms with van der Waals surface area (Å²) in [4.78, 5) is 6.20. The summed E-state index contributed by atoms with van der Waals surface area (Å²) in [5, 5.41) is 9.13. The van der Waals surface area contributed by atoms with Gasteiger partial charge in [0.1, 0.15) is 5.60 Å². The van der Waals surface area contributed by atoms with Gasteiger partial charge in [-0.1, -0.05) is 38.0 Å². The molecule has 1 fully saturated rings. The number of nitrogens with zero attached hydrogens (tertiary/aromatic N) is 2. The van der Waals surface area contributed by atoms with Crippen LogP contribution >= 0.6 is 15.9 Å². The Morgan fingerprint density at radius 1 is 1.17 bits per heavy atom. The summed E-state index contributed by atoms with van der Waals surface area (Å²) in [6.45, 7) is 9.07. The Balaban J connectivity index is 1.80. The summed E-state index contributed by atoms with van der Waals surface area (Å²) in [7, 11) is 0. The van der Waals surface area contributed by atoms with Crippen LogP contribution in [0.25, 0.3) is 0 Å². The van der Waals surface area contributed by atoms with Gasteiger partial charge in [0.2, 0.25) is 4.67 Å². The van der Waals surface area contributed by atoms with Gasteiger partial charge in [0.05, 0.1) is 16.8 Å². The van der Waals surface area contributed by atoms with Crippen LogP contribution in [-0.2, 0) is 16.7 Å². The van der Waals surface area contributed by atoms with Crippen molar-refractivity contribution in [3.63, 3.8) is 0 Å². The molecule has 5 heteroatoms. The minimum atomic E-state index is -0.169. The minimum Gasteiger partial charge on any atom is -0.388 e. The van der Waals surface area contributed by atoms with Crippen LogP contribution in [0.15, 0.2) is 14.3 Å². The summed E-state index contributed by atoms with van der Waals surface area (Å²) in [6, 6.07) is 0. The lowest BCUT2D eigenvalue weighted by Crippen LogP contribution is -2.48. The molecule has 0 bridgehead atoms. The van der Waals surface area contributed by atoms with E-state index in [0.717, 1.165) is 42.5 Å². The van der Waals surface area contributed by atoms with Crippen molar-refractivity contribution in [1.29, 1.82) is 0 Å². The zero-order valence-electron chi connectivity index (χ0n) is 14.4. The minimum absolute atomic E-state index is 0.0563. The number of hydrogen-bond acceptors (Lipinski definition) is 4. The van der Waals surface area contributed by atoms with Crippen LogP contribution in [0.2, 0.25) is 0 Å². The molecule has 1 spiro atoms. The van der Waals surface area contributed by atoms with Gasteiger partial charge in [-0.05, 0) is 59.9 Å². The largest absolute Gasteiger partial charge is 0.388 e. The van der Waals surface area contributed by atoms with Crippen molar-refractivity contribution in [2.45, 2.75) is 70.8 Å². The monoisotopic (exact) mass is 380 g/mol. The van der Waals surface area contributed by atoms with E-state index in [-0.39, 0.29) is 11.0 Å². The number of halogens is 1. The molecule has 2 unspecified atom stereocenters. The number of fused-ring (bicyclic) bond motifs is 4. The Hall–Kier alpha value is -0.840. The third kappa shape index (κ3) is 1.83. The average Bonchev–Trinajstić information content (AvgIpc) is 3.16. The lowest BCUT2D eigenvalue weighted by Gasteiger charge is -2.39. The van der Waals surface area contributed by atoms with Gasteiger partial charge in [0.25, 0.3) is 0 Å². The number of oxime groups is 1. The third-order valence-corrected chi connectivity index (χ3v) is 7.18. The highest BCUT2D eigenvalue weighted by molar-refractivity contribution is 9.10. The Morgan fingerprint density at radius 3 is 2.61 bits per heavy atom. The van der Waals surface area contributed by atoms with E-state index in [0.29, 0.717) is 17.8 Å². The molecule has 4 nitrogen and oxygen atoms in total.